The lowest BCUT2D eigenvalue weighted by atomic mass is 10.1. The first-order valence-electron chi connectivity index (χ1n) is 16.6. The molecule has 0 unspecified atom stereocenters. The average molecular weight is 610 g/mol. The largest absolute Gasteiger partial charge is 0.370 e. The van der Waals surface area contributed by atoms with Gasteiger partial charge in [-0.05, 0) is 86.0 Å². The number of aliphatic imine (C=N–C) groups is 1. The Kier molecular flexibility index (Phi) is 24.1. The van der Waals surface area contributed by atoms with E-state index in [-0.39, 0.29) is 0 Å². The van der Waals surface area contributed by atoms with Crippen LogP contribution in [0.5, 0.6) is 0 Å². The number of allylic oxidation sites excluding steroid dienone is 2. The van der Waals surface area contributed by atoms with Crippen LogP contribution in [0.1, 0.15) is 98.9 Å². The number of piperidine rings is 1. The molecule has 44 heavy (non-hydrogen) atoms. The molecule has 0 atom stereocenters. The highest BCUT2D eigenvalue weighted by Gasteiger charge is 2.16. The molecule has 0 spiro atoms. The van der Waals surface area contributed by atoms with Crippen LogP contribution in [0.25, 0.3) is 0 Å². The third-order valence-electron chi connectivity index (χ3n) is 6.39. The molecule has 2 aromatic heterocycles. The summed E-state index contributed by atoms with van der Waals surface area (Å²) < 4.78 is 0. The summed E-state index contributed by atoms with van der Waals surface area (Å²) in [5.41, 5.74) is 3.16. The van der Waals surface area contributed by atoms with Crippen LogP contribution in [-0.4, -0.2) is 76.9 Å². The SMILES string of the molecule is C=C(C)/C=C(\N=C/C)NCC.CC.CCC.CCc1cc(N2CCCC2)ncn1.Cc1cc(NC2CCN(C)CC2)ncn1. The number of aryl methyl sites for hydroxylation is 2. The van der Waals surface area contributed by atoms with Crippen LogP contribution in [0.2, 0.25) is 0 Å². The second-order valence-corrected chi connectivity index (χ2v) is 10.7. The van der Waals surface area contributed by atoms with Crippen molar-refractivity contribution < 1.29 is 0 Å². The molecule has 2 saturated heterocycles. The number of likely N-dealkylation sites (tertiary alicyclic amines) is 1. The summed E-state index contributed by atoms with van der Waals surface area (Å²) >= 11 is 0. The lowest BCUT2D eigenvalue weighted by molar-refractivity contribution is 0.263. The minimum Gasteiger partial charge on any atom is -0.370 e. The number of rotatable bonds is 8. The summed E-state index contributed by atoms with van der Waals surface area (Å²) in [6.45, 7) is 27.5. The van der Waals surface area contributed by atoms with Gasteiger partial charge in [0.25, 0.3) is 0 Å². The lowest BCUT2D eigenvalue weighted by Gasteiger charge is -2.29. The van der Waals surface area contributed by atoms with E-state index in [4.69, 9.17) is 0 Å². The zero-order chi connectivity index (χ0) is 33.2. The number of nitrogens with zero attached hydrogens (tertiary/aromatic N) is 7. The van der Waals surface area contributed by atoms with Gasteiger partial charge in [0.05, 0.1) is 0 Å². The molecule has 2 N–H and O–H groups in total. The predicted octanol–water partition coefficient (Wildman–Crippen LogP) is 7.48. The normalized spacial score (nSPS) is 15.0. The first kappa shape index (κ1) is 40.7. The van der Waals surface area contributed by atoms with Gasteiger partial charge in [-0.2, -0.15) is 0 Å². The highest BCUT2D eigenvalue weighted by atomic mass is 15.2. The summed E-state index contributed by atoms with van der Waals surface area (Å²) in [6.07, 6.45) is 14.2. The van der Waals surface area contributed by atoms with E-state index < -0.39 is 0 Å². The molecular weight excluding hydrogens is 546 g/mol. The number of nitrogens with one attached hydrogen (secondary N) is 2. The second-order valence-electron chi connectivity index (χ2n) is 10.7. The molecule has 2 aliphatic heterocycles. The van der Waals surface area contributed by atoms with Crippen LogP contribution >= 0.6 is 0 Å². The predicted molar refractivity (Wildman–Crippen MR) is 192 cm³/mol. The van der Waals surface area contributed by atoms with Gasteiger partial charge in [-0.25, -0.2) is 24.9 Å². The summed E-state index contributed by atoms with van der Waals surface area (Å²) in [7, 11) is 2.17. The maximum atomic E-state index is 4.28. The maximum Gasteiger partial charge on any atom is 0.132 e. The van der Waals surface area contributed by atoms with Gasteiger partial charge in [-0.15, -0.1) is 0 Å². The molecule has 9 nitrogen and oxygen atoms in total. The molecule has 0 aliphatic carbocycles. The van der Waals surface area contributed by atoms with E-state index >= 15 is 0 Å². The van der Waals surface area contributed by atoms with Gasteiger partial charge < -0.3 is 20.4 Å². The number of hydrogen-bond acceptors (Lipinski definition) is 9. The van der Waals surface area contributed by atoms with Crippen molar-refractivity contribution in [2.45, 2.75) is 107 Å². The van der Waals surface area contributed by atoms with Crippen molar-refractivity contribution in [1.29, 1.82) is 0 Å². The fourth-order valence-electron chi connectivity index (χ4n) is 4.28. The molecule has 0 radical (unpaired) electrons. The molecule has 2 aliphatic rings. The zero-order valence-electron chi connectivity index (χ0n) is 29.7. The molecule has 2 fully saturated rings. The van der Waals surface area contributed by atoms with Crippen molar-refractivity contribution in [3.05, 3.63) is 60.2 Å². The van der Waals surface area contributed by atoms with Crippen LogP contribution < -0.4 is 15.5 Å². The Morgan fingerprint density at radius 3 is 2.11 bits per heavy atom. The van der Waals surface area contributed by atoms with Gasteiger partial charge in [0, 0.05) is 55.4 Å². The van der Waals surface area contributed by atoms with E-state index in [2.05, 4.69) is 85.8 Å². The van der Waals surface area contributed by atoms with Crippen LogP contribution in [-0.2, 0) is 6.42 Å². The van der Waals surface area contributed by atoms with Crippen molar-refractivity contribution in [3.63, 3.8) is 0 Å². The van der Waals surface area contributed by atoms with E-state index in [9.17, 15) is 0 Å². The second kappa shape index (κ2) is 26.1. The van der Waals surface area contributed by atoms with Crippen molar-refractivity contribution in [2.75, 3.05) is 50.0 Å². The number of aromatic nitrogens is 4. The van der Waals surface area contributed by atoms with Crippen LogP contribution in [0.4, 0.5) is 11.6 Å². The quantitative estimate of drug-likeness (QED) is 0.235. The molecular formula is C35H63N9. The summed E-state index contributed by atoms with van der Waals surface area (Å²) in [6, 6.07) is 4.67. The van der Waals surface area contributed by atoms with Crippen molar-refractivity contribution in [2.24, 2.45) is 4.99 Å². The highest BCUT2D eigenvalue weighted by Crippen LogP contribution is 2.17. The van der Waals surface area contributed by atoms with Crippen molar-refractivity contribution >= 4 is 17.9 Å². The third kappa shape index (κ3) is 19.1. The monoisotopic (exact) mass is 610 g/mol. The van der Waals surface area contributed by atoms with Gasteiger partial charge in [0.15, 0.2) is 0 Å². The number of hydrogen-bond donors (Lipinski definition) is 2. The Labute approximate surface area is 269 Å². The molecule has 0 amide bonds. The van der Waals surface area contributed by atoms with E-state index in [1.165, 1.54) is 45.2 Å². The van der Waals surface area contributed by atoms with E-state index in [0.717, 1.165) is 60.5 Å². The maximum absolute atomic E-state index is 4.28. The molecule has 0 aromatic carbocycles. The summed E-state index contributed by atoms with van der Waals surface area (Å²) in [5.74, 6) is 2.93. The Hall–Kier alpha value is -3.33. The molecule has 4 rings (SSSR count). The van der Waals surface area contributed by atoms with Crippen LogP contribution in [0, 0.1) is 6.92 Å². The average Bonchev–Trinajstić information content (AvgIpc) is 3.56. The summed E-state index contributed by atoms with van der Waals surface area (Å²) in [4.78, 5) is 25.6. The molecule has 9 heteroatoms. The van der Waals surface area contributed by atoms with Crippen LogP contribution in [0.15, 0.2) is 53.8 Å². The van der Waals surface area contributed by atoms with Crippen molar-refractivity contribution in [1.82, 2.24) is 30.2 Å². The van der Waals surface area contributed by atoms with Crippen molar-refractivity contribution in [3.8, 4) is 0 Å². The number of anilines is 2. The topological polar surface area (TPSA) is 94.5 Å². The van der Waals surface area contributed by atoms with Gasteiger partial charge in [-0.3, -0.25) is 0 Å². The fraction of sp³-hybridized carbons (Fsp3) is 0.629. The van der Waals surface area contributed by atoms with Crippen LogP contribution in [0.3, 0.4) is 0 Å². The van der Waals surface area contributed by atoms with E-state index in [1.54, 1.807) is 18.9 Å². The fourth-order valence-corrected chi connectivity index (χ4v) is 4.28. The Bertz CT molecular complexity index is 1050. The van der Waals surface area contributed by atoms with Gasteiger partial charge in [-0.1, -0.05) is 53.2 Å². The smallest absolute Gasteiger partial charge is 0.132 e. The third-order valence-corrected chi connectivity index (χ3v) is 6.39. The van der Waals surface area contributed by atoms with Gasteiger partial charge >= 0.3 is 0 Å². The Balaban J connectivity index is 0.000000593. The first-order valence-corrected chi connectivity index (χ1v) is 16.6. The standard InChI is InChI=1S/C11H18N4.C10H15N3.C9H16N2.C3H8.C2H6/c1-9-7-11(13-8-12-9)14-10-3-5-15(2)6-4-10;1-2-9-7-10(12-8-11-9)13-5-3-4-6-13;1-5-10-9(11-6-2)7-8(3)4;1-3-2;1-2/h7-8,10H,3-6H2,1-2H3,(H,12,13,14);7-8H,2-6H2,1H3;5,7,11H,3,6H2,1-2,4H3;3H2,1-2H3;1-2H3/b;;9-7+,10-5-;;. The van der Waals surface area contributed by atoms with E-state index in [0.29, 0.717) is 6.04 Å². The molecule has 0 saturated carbocycles. The first-order chi connectivity index (χ1) is 21.3. The minimum atomic E-state index is 0.565. The zero-order valence-corrected chi connectivity index (χ0v) is 29.7. The van der Waals surface area contributed by atoms with E-state index in [1.807, 2.05) is 53.7 Å². The molecule has 248 valence electrons. The van der Waals surface area contributed by atoms with Gasteiger partial charge in [0.2, 0.25) is 0 Å². The minimum absolute atomic E-state index is 0.565. The van der Waals surface area contributed by atoms with Gasteiger partial charge in [0.1, 0.15) is 30.1 Å². The lowest BCUT2D eigenvalue weighted by Crippen LogP contribution is -2.36. The highest BCUT2D eigenvalue weighted by molar-refractivity contribution is 5.55. The molecule has 2 aromatic rings. The summed E-state index contributed by atoms with van der Waals surface area (Å²) in [5, 5.41) is 6.58. The Morgan fingerprint density at radius 2 is 1.59 bits per heavy atom. The Morgan fingerprint density at radius 1 is 0.977 bits per heavy atom. The molecule has 4 heterocycles. The molecule has 0 bridgehead atoms.